The lowest BCUT2D eigenvalue weighted by molar-refractivity contribution is -0.139. The number of anilines is 1. The highest BCUT2D eigenvalue weighted by atomic mass is 16.5. The molecule has 7 heteroatoms. The van der Waals surface area contributed by atoms with E-state index in [1.165, 1.54) is 12.8 Å². The van der Waals surface area contributed by atoms with E-state index in [9.17, 15) is 9.59 Å². The van der Waals surface area contributed by atoms with Gasteiger partial charge in [0.2, 0.25) is 0 Å². The number of carbonyl (C=O) groups is 2. The number of carbonyl (C=O) groups excluding carboxylic acids is 1. The molecule has 0 saturated heterocycles. The Morgan fingerprint density at radius 1 is 1.27 bits per heavy atom. The first kappa shape index (κ1) is 18.5. The minimum absolute atomic E-state index is 0.0785. The van der Waals surface area contributed by atoms with E-state index < -0.39 is 5.97 Å². The lowest BCUT2D eigenvalue weighted by Gasteiger charge is -2.42. The zero-order chi connectivity index (χ0) is 18.5. The Kier molecular flexibility index (Phi) is 5.98. The highest BCUT2D eigenvalue weighted by Crippen LogP contribution is 2.33. The third kappa shape index (κ3) is 5.11. The number of para-hydroxylation sites is 2. The van der Waals surface area contributed by atoms with Gasteiger partial charge in [0.25, 0.3) is 0 Å². The fourth-order valence-electron chi connectivity index (χ4n) is 3.35. The number of rotatable bonds is 9. The minimum atomic E-state index is -0.785. The summed E-state index contributed by atoms with van der Waals surface area (Å²) in [6.45, 7) is 3.38. The molecule has 0 atom stereocenters. The highest BCUT2D eigenvalue weighted by molar-refractivity contribution is 5.91. The zero-order valence-electron chi connectivity index (χ0n) is 15.1. The van der Waals surface area contributed by atoms with Crippen LogP contribution in [0.15, 0.2) is 24.3 Å². The van der Waals surface area contributed by atoms with Crippen LogP contribution in [-0.2, 0) is 4.79 Å². The highest BCUT2D eigenvalue weighted by Gasteiger charge is 2.37. The predicted octanol–water partition coefficient (Wildman–Crippen LogP) is 2.53. The minimum Gasteiger partial charge on any atom is -0.492 e. The maximum absolute atomic E-state index is 12.2. The van der Waals surface area contributed by atoms with Crippen molar-refractivity contribution in [3.8, 4) is 5.75 Å². The average molecular weight is 361 g/mol. The molecular formula is C19H27N3O4. The Morgan fingerprint density at radius 2 is 2.00 bits per heavy atom. The van der Waals surface area contributed by atoms with Crippen LogP contribution in [0.2, 0.25) is 0 Å². The first-order valence-electron chi connectivity index (χ1n) is 9.30. The van der Waals surface area contributed by atoms with E-state index in [2.05, 4.69) is 15.5 Å². The van der Waals surface area contributed by atoms with Crippen molar-refractivity contribution in [2.24, 2.45) is 5.92 Å². The molecular weight excluding hydrogens is 334 g/mol. The number of hydrogen-bond acceptors (Lipinski definition) is 4. The molecule has 0 spiro atoms. The second kappa shape index (κ2) is 8.40. The first-order valence-corrected chi connectivity index (χ1v) is 9.30. The van der Waals surface area contributed by atoms with Crippen molar-refractivity contribution in [1.29, 1.82) is 0 Å². The predicted molar refractivity (Wildman–Crippen MR) is 98.5 cm³/mol. The number of carboxylic acid groups (broad SMARTS) is 1. The Morgan fingerprint density at radius 3 is 2.65 bits per heavy atom. The van der Waals surface area contributed by atoms with E-state index >= 15 is 0 Å². The second-order valence-electron chi connectivity index (χ2n) is 7.12. The van der Waals surface area contributed by atoms with Crippen molar-refractivity contribution >= 4 is 17.7 Å². The van der Waals surface area contributed by atoms with Crippen LogP contribution in [0.25, 0.3) is 0 Å². The Labute approximate surface area is 153 Å². The number of nitrogens with one attached hydrogen (secondary N) is 2. The Balaban J connectivity index is 1.45. The lowest BCUT2D eigenvalue weighted by atomic mass is 9.85. The van der Waals surface area contributed by atoms with E-state index in [0.717, 1.165) is 19.4 Å². The van der Waals surface area contributed by atoms with Gasteiger partial charge < -0.3 is 20.5 Å². The van der Waals surface area contributed by atoms with E-state index in [1.54, 1.807) is 6.07 Å². The number of urea groups is 1. The molecule has 0 aliphatic heterocycles. The van der Waals surface area contributed by atoms with Gasteiger partial charge in [0.15, 0.2) is 0 Å². The van der Waals surface area contributed by atoms with Crippen LogP contribution in [0, 0.1) is 5.92 Å². The van der Waals surface area contributed by atoms with E-state index in [-0.39, 0.29) is 24.7 Å². The Hall–Kier alpha value is -2.28. The van der Waals surface area contributed by atoms with Crippen molar-refractivity contribution in [3.05, 3.63) is 24.3 Å². The SMILES string of the molecule is CCOc1ccccc1NC(=O)NC1CC(N(CC(=O)O)CC2CC2)C1. The maximum Gasteiger partial charge on any atom is 0.319 e. The summed E-state index contributed by atoms with van der Waals surface area (Å²) >= 11 is 0. The molecule has 0 unspecified atom stereocenters. The van der Waals surface area contributed by atoms with Gasteiger partial charge in [-0.2, -0.15) is 0 Å². The molecule has 0 aromatic heterocycles. The number of aliphatic carboxylic acids is 1. The number of hydrogen-bond donors (Lipinski definition) is 3. The number of nitrogens with zero attached hydrogens (tertiary/aromatic N) is 1. The maximum atomic E-state index is 12.2. The number of carboxylic acids is 1. The van der Waals surface area contributed by atoms with Crippen molar-refractivity contribution < 1.29 is 19.4 Å². The third-order valence-electron chi connectivity index (χ3n) is 4.93. The quantitative estimate of drug-likeness (QED) is 0.629. The van der Waals surface area contributed by atoms with Gasteiger partial charge in [-0.25, -0.2) is 4.79 Å². The fraction of sp³-hybridized carbons (Fsp3) is 0.579. The molecule has 26 heavy (non-hydrogen) atoms. The first-order chi connectivity index (χ1) is 12.5. The summed E-state index contributed by atoms with van der Waals surface area (Å²) in [5.74, 6) is 0.515. The van der Waals surface area contributed by atoms with Gasteiger partial charge in [-0.15, -0.1) is 0 Å². The molecule has 142 valence electrons. The monoisotopic (exact) mass is 361 g/mol. The smallest absolute Gasteiger partial charge is 0.319 e. The summed E-state index contributed by atoms with van der Waals surface area (Å²) in [7, 11) is 0. The standard InChI is InChI=1S/C19H27N3O4/c1-2-26-17-6-4-3-5-16(17)21-19(25)20-14-9-15(10-14)22(12-18(23)24)11-13-7-8-13/h3-6,13-15H,2,7-12H2,1H3,(H,23,24)(H2,20,21,25). The van der Waals surface area contributed by atoms with Crippen LogP contribution >= 0.6 is 0 Å². The van der Waals surface area contributed by atoms with Crippen molar-refractivity contribution in [2.75, 3.05) is 25.0 Å². The van der Waals surface area contributed by atoms with E-state index in [1.807, 2.05) is 25.1 Å². The molecule has 2 aliphatic rings. The number of benzene rings is 1. The molecule has 7 nitrogen and oxygen atoms in total. The van der Waals surface area contributed by atoms with E-state index in [4.69, 9.17) is 9.84 Å². The summed E-state index contributed by atoms with van der Waals surface area (Å²) in [6.07, 6.45) is 3.99. The molecule has 3 rings (SSSR count). The normalized spacial score (nSPS) is 21.8. The van der Waals surface area contributed by atoms with E-state index in [0.29, 0.717) is 24.0 Å². The van der Waals surface area contributed by atoms with Gasteiger partial charge in [0, 0.05) is 18.6 Å². The van der Waals surface area contributed by atoms with Gasteiger partial charge >= 0.3 is 12.0 Å². The van der Waals surface area contributed by atoms with Gasteiger partial charge in [-0.05, 0) is 50.7 Å². The molecule has 2 aliphatic carbocycles. The van der Waals surface area contributed by atoms with Gasteiger partial charge in [-0.1, -0.05) is 12.1 Å². The zero-order valence-corrected chi connectivity index (χ0v) is 15.1. The van der Waals surface area contributed by atoms with Gasteiger partial charge in [0.1, 0.15) is 5.75 Å². The summed E-state index contributed by atoms with van der Waals surface area (Å²) in [6, 6.07) is 7.40. The topological polar surface area (TPSA) is 90.9 Å². The average Bonchev–Trinajstić information content (AvgIpc) is 3.35. The van der Waals surface area contributed by atoms with Crippen molar-refractivity contribution in [1.82, 2.24) is 10.2 Å². The summed E-state index contributed by atoms with van der Waals surface area (Å²) in [5.41, 5.74) is 0.643. The molecule has 2 saturated carbocycles. The number of amides is 2. The van der Waals surface area contributed by atoms with Crippen LogP contribution in [0.5, 0.6) is 5.75 Å². The summed E-state index contributed by atoms with van der Waals surface area (Å²) in [4.78, 5) is 25.4. The molecule has 0 bridgehead atoms. The molecule has 0 radical (unpaired) electrons. The van der Waals surface area contributed by atoms with Crippen LogP contribution in [0.3, 0.4) is 0 Å². The molecule has 3 N–H and O–H groups in total. The fourth-order valence-corrected chi connectivity index (χ4v) is 3.35. The molecule has 0 heterocycles. The molecule has 2 fully saturated rings. The largest absolute Gasteiger partial charge is 0.492 e. The molecule has 1 aromatic rings. The van der Waals surface area contributed by atoms with Crippen LogP contribution < -0.4 is 15.4 Å². The van der Waals surface area contributed by atoms with Gasteiger partial charge in [0.05, 0.1) is 18.8 Å². The molecule has 2 amide bonds. The summed E-state index contributed by atoms with van der Waals surface area (Å²) in [5, 5.41) is 14.9. The molecule has 1 aromatic carbocycles. The summed E-state index contributed by atoms with van der Waals surface area (Å²) < 4.78 is 5.51. The lowest BCUT2D eigenvalue weighted by Crippen LogP contribution is -2.55. The van der Waals surface area contributed by atoms with Crippen LogP contribution in [0.4, 0.5) is 10.5 Å². The van der Waals surface area contributed by atoms with Crippen LogP contribution in [0.1, 0.15) is 32.6 Å². The van der Waals surface area contributed by atoms with Crippen molar-refractivity contribution in [3.63, 3.8) is 0 Å². The Bertz CT molecular complexity index is 641. The third-order valence-corrected chi connectivity index (χ3v) is 4.93. The second-order valence-corrected chi connectivity index (χ2v) is 7.12. The van der Waals surface area contributed by atoms with Gasteiger partial charge in [-0.3, -0.25) is 9.69 Å². The van der Waals surface area contributed by atoms with Crippen molar-refractivity contribution in [2.45, 2.75) is 44.7 Å². The number of ether oxygens (including phenoxy) is 1. The van der Waals surface area contributed by atoms with Crippen LogP contribution in [-0.4, -0.2) is 53.8 Å².